The highest BCUT2D eigenvalue weighted by atomic mass is 32.1. The molecule has 2 heterocycles. The molecule has 9 heteroatoms. The first kappa shape index (κ1) is 20.3. The number of para-hydroxylation sites is 1. The fraction of sp³-hybridized carbons (Fsp3) is 0.0833. The van der Waals surface area contributed by atoms with Crippen molar-refractivity contribution in [3.63, 3.8) is 0 Å². The fourth-order valence-corrected chi connectivity index (χ4v) is 6.76. The molecule has 0 spiro atoms. The molecular formula is C24H13F4N3S2. The number of hydrogen-bond acceptors (Lipinski definition) is 5. The van der Waals surface area contributed by atoms with Gasteiger partial charge in [-0.2, -0.15) is 13.9 Å². The summed E-state index contributed by atoms with van der Waals surface area (Å²) in [6.07, 6.45) is 0. The van der Waals surface area contributed by atoms with Gasteiger partial charge in [-0.1, -0.05) is 18.2 Å². The van der Waals surface area contributed by atoms with E-state index in [0.717, 1.165) is 0 Å². The molecule has 2 aromatic heterocycles. The molecule has 4 aromatic carbocycles. The van der Waals surface area contributed by atoms with Crippen molar-refractivity contribution in [2.24, 2.45) is 5.10 Å². The van der Waals surface area contributed by atoms with E-state index in [1.54, 1.807) is 26.0 Å². The maximum Gasteiger partial charge on any atom is 0.213 e. The maximum absolute atomic E-state index is 14.9. The zero-order chi connectivity index (χ0) is 23.2. The summed E-state index contributed by atoms with van der Waals surface area (Å²) in [5.74, 6) is -2.02. The second-order valence-electron chi connectivity index (χ2n) is 7.85. The first-order valence-corrected chi connectivity index (χ1v) is 11.6. The van der Waals surface area contributed by atoms with Crippen LogP contribution in [0.4, 0.5) is 23.2 Å². The average molecular weight is 484 g/mol. The zero-order valence-electron chi connectivity index (χ0n) is 17.2. The summed E-state index contributed by atoms with van der Waals surface area (Å²) in [7, 11) is 0. The van der Waals surface area contributed by atoms with Crippen LogP contribution < -0.4 is 16.1 Å². The Morgan fingerprint density at radius 1 is 0.727 bits per heavy atom. The van der Waals surface area contributed by atoms with Gasteiger partial charge in [0.2, 0.25) is 10.3 Å². The number of nitrogens with one attached hydrogen (secondary N) is 2. The molecule has 0 saturated heterocycles. The summed E-state index contributed by atoms with van der Waals surface area (Å²) >= 11 is 1.33. The number of nitrogens with zero attached hydrogens (tertiary/aromatic N) is 1. The fourth-order valence-electron chi connectivity index (χ4n) is 4.72. The molecule has 3 nitrogen and oxygen atoms in total. The molecule has 0 bridgehead atoms. The molecule has 6 rings (SSSR count). The summed E-state index contributed by atoms with van der Waals surface area (Å²) in [5, 5.41) is 13.3. The molecule has 164 valence electrons. The summed E-state index contributed by atoms with van der Waals surface area (Å²) in [6.45, 7) is 3.50. The number of fused-ring (bicyclic) bond motifs is 6. The second kappa shape index (κ2) is 6.85. The van der Waals surface area contributed by atoms with Gasteiger partial charge in [0.1, 0.15) is 5.36 Å². The predicted molar refractivity (Wildman–Crippen MR) is 125 cm³/mol. The summed E-state index contributed by atoms with van der Waals surface area (Å²) in [6, 6.07) is 9.05. The highest BCUT2D eigenvalue weighted by molar-refractivity contribution is 7.19. The van der Waals surface area contributed by atoms with Crippen molar-refractivity contribution >= 4 is 70.1 Å². The van der Waals surface area contributed by atoms with Crippen LogP contribution in [-0.4, -0.2) is 0 Å². The van der Waals surface area contributed by atoms with E-state index in [9.17, 15) is 17.6 Å². The zero-order valence-corrected chi connectivity index (χ0v) is 18.8. The van der Waals surface area contributed by atoms with Crippen LogP contribution in [0.15, 0.2) is 35.4 Å². The summed E-state index contributed by atoms with van der Waals surface area (Å²) in [5.41, 5.74) is 4.78. The third-order valence-corrected chi connectivity index (χ3v) is 8.06. The molecule has 0 aliphatic heterocycles. The number of aryl methyl sites for hydroxylation is 2. The van der Waals surface area contributed by atoms with Crippen LogP contribution in [0.5, 0.6) is 0 Å². The van der Waals surface area contributed by atoms with Gasteiger partial charge in [0, 0.05) is 21.5 Å². The Bertz CT molecular complexity index is 1870. The van der Waals surface area contributed by atoms with E-state index in [-0.39, 0.29) is 21.5 Å². The Morgan fingerprint density at radius 3 is 1.94 bits per heavy atom. The van der Waals surface area contributed by atoms with E-state index in [1.807, 2.05) is 18.2 Å². The molecule has 2 N–H and O–H groups in total. The molecule has 0 fully saturated rings. The van der Waals surface area contributed by atoms with Gasteiger partial charge >= 0.3 is 0 Å². The Labute approximate surface area is 191 Å². The van der Waals surface area contributed by atoms with Gasteiger partial charge in [-0.05, 0) is 37.1 Å². The molecule has 0 atom stereocenters. The highest BCUT2D eigenvalue weighted by Crippen LogP contribution is 2.43. The van der Waals surface area contributed by atoms with Crippen LogP contribution in [0.1, 0.15) is 11.1 Å². The second-order valence-corrected chi connectivity index (χ2v) is 9.79. The minimum Gasteiger partial charge on any atom is -0.299 e. The normalized spacial score (nSPS) is 12.8. The van der Waals surface area contributed by atoms with E-state index in [4.69, 9.17) is 5.41 Å². The summed E-state index contributed by atoms with van der Waals surface area (Å²) in [4.78, 5) is 0. The molecular weight excluding hydrogens is 470 g/mol. The van der Waals surface area contributed by atoms with Gasteiger partial charge in [0.15, 0.2) is 11.6 Å². The average Bonchev–Trinajstić information content (AvgIpc) is 3.46. The number of thiophene rings is 2. The Hall–Kier alpha value is -3.30. The van der Waals surface area contributed by atoms with E-state index in [1.165, 1.54) is 0 Å². The number of halogens is 4. The van der Waals surface area contributed by atoms with Crippen molar-refractivity contribution in [3.8, 4) is 0 Å². The van der Waals surface area contributed by atoms with Crippen molar-refractivity contribution < 1.29 is 17.6 Å². The third kappa shape index (κ3) is 2.54. The molecule has 0 aliphatic carbocycles. The van der Waals surface area contributed by atoms with Crippen molar-refractivity contribution in [1.82, 2.24) is 0 Å². The van der Waals surface area contributed by atoms with E-state index >= 15 is 0 Å². The predicted octanol–water partition coefficient (Wildman–Crippen LogP) is 6.88. The van der Waals surface area contributed by atoms with Gasteiger partial charge in [0.25, 0.3) is 0 Å². The van der Waals surface area contributed by atoms with Gasteiger partial charge in [0.05, 0.1) is 31.2 Å². The van der Waals surface area contributed by atoms with Crippen LogP contribution in [0, 0.1) is 41.2 Å². The number of rotatable bonds is 2. The number of benzene rings is 2. The maximum atomic E-state index is 14.9. The number of hydrogen-bond donors (Lipinski definition) is 2. The topological polar surface area (TPSA) is 48.2 Å². The minimum absolute atomic E-state index is 0.0566. The highest BCUT2D eigenvalue weighted by Gasteiger charge is 2.28. The van der Waals surface area contributed by atoms with Crippen LogP contribution >= 0.6 is 22.7 Å². The van der Waals surface area contributed by atoms with Crippen LogP contribution in [0.2, 0.25) is 0 Å². The van der Waals surface area contributed by atoms with Crippen LogP contribution in [0.25, 0.3) is 41.7 Å². The summed E-state index contributed by atoms with van der Waals surface area (Å²) < 4.78 is 58.5. The molecule has 0 aliphatic rings. The Balaban J connectivity index is 1.86. The molecule has 0 amide bonds. The van der Waals surface area contributed by atoms with E-state index in [2.05, 4.69) is 10.5 Å². The van der Waals surface area contributed by atoms with Crippen LogP contribution in [-0.2, 0) is 0 Å². The van der Waals surface area contributed by atoms with Gasteiger partial charge in [-0.3, -0.25) is 10.8 Å². The van der Waals surface area contributed by atoms with Gasteiger partial charge < -0.3 is 0 Å². The van der Waals surface area contributed by atoms with Crippen molar-refractivity contribution in [2.45, 2.75) is 13.8 Å². The van der Waals surface area contributed by atoms with E-state index in [0.29, 0.717) is 70.4 Å². The minimum atomic E-state index is -1.04. The Kier molecular flexibility index (Phi) is 4.22. The molecule has 33 heavy (non-hydrogen) atoms. The standard InChI is InChI=1S/C24H13F4N3S2/c1-8-11-13(21-15(19(11)29)17(25)23(27)32-21)9(2)12-14(8)22-16(18(26)24(28)33-22)20(12)31-30-10-6-4-3-5-7-10/h3-7,29-30H,1-2H3/b29-19?,31-20-. The lowest BCUT2D eigenvalue weighted by Gasteiger charge is -2.07. The van der Waals surface area contributed by atoms with Gasteiger partial charge in [-0.25, -0.2) is 8.78 Å². The first-order chi connectivity index (χ1) is 15.8. The lowest BCUT2D eigenvalue weighted by Crippen LogP contribution is -2.07. The Morgan fingerprint density at radius 2 is 1.27 bits per heavy atom. The quantitative estimate of drug-likeness (QED) is 0.205. The van der Waals surface area contributed by atoms with Crippen molar-refractivity contribution in [2.75, 3.05) is 5.43 Å². The lowest BCUT2D eigenvalue weighted by molar-refractivity contribution is 0.537. The van der Waals surface area contributed by atoms with Crippen LogP contribution in [0.3, 0.4) is 0 Å². The third-order valence-electron chi connectivity index (χ3n) is 6.12. The van der Waals surface area contributed by atoms with E-state index < -0.39 is 21.9 Å². The largest absolute Gasteiger partial charge is 0.299 e. The molecule has 0 radical (unpaired) electrons. The lowest BCUT2D eigenvalue weighted by atomic mass is 9.98. The van der Waals surface area contributed by atoms with Crippen molar-refractivity contribution in [3.05, 3.63) is 74.1 Å². The number of anilines is 1. The first-order valence-electron chi connectivity index (χ1n) is 9.93. The van der Waals surface area contributed by atoms with Gasteiger partial charge in [-0.15, -0.1) is 22.7 Å². The smallest absolute Gasteiger partial charge is 0.213 e. The SMILES string of the molecule is Cc1c2/c(=N/Nc3ccccc3)c3c(F)c(F)sc3c2c(C)c2c(=N)c3c(F)c(F)sc3c12. The van der Waals surface area contributed by atoms with Crippen molar-refractivity contribution in [1.29, 1.82) is 5.41 Å². The molecule has 0 unspecified atom stereocenters. The molecule has 6 aromatic rings. The monoisotopic (exact) mass is 483 g/mol. The molecule has 0 saturated carbocycles.